The minimum Gasteiger partial charge on any atom is -0.462 e. The first-order chi connectivity index (χ1) is 9.40. The van der Waals surface area contributed by atoms with Crippen molar-refractivity contribution in [2.24, 2.45) is 0 Å². The highest BCUT2D eigenvalue weighted by atomic mass is 19.3. The molecule has 8 heteroatoms. The highest BCUT2D eigenvalue weighted by Crippen LogP contribution is 2.31. The van der Waals surface area contributed by atoms with Crippen LogP contribution in [0.3, 0.4) is 0 Å². The van der Waals surface area contributed by atoms with Crippen LogP contribution in [0.4, 0.5) is 17.6 Å². The summed E-state index contributed by atoms with van der Waals surface area (Å²) >= 11 is 0. The van der Waals surface area contributed by atoms with Gasteiger partial charge in [-0.2, -0.15) is 14.0 Å². The molecule has 108 valence electrons. The average Bonchev–Trinajstić information content (AvgIpc) is 2.36. The van der Waals surface area contributed by atoms with Crippen LogP contribution >= 0.6 is 0 Å². The van der Waals surface area contributed by atoms with E-state index in [1.165, 1.54) is 13.0 Å². The fraction of sp³-hybridized carbons (Fsp3) is 0.333. The van der Waals surface area contributed by atoms with E-state index in [9.17, 15) is 22.4 Å². The average molecular weight is 291 g/mol. The lowest BCUT2D eigenvalue weighted by Gasteiger charge is -2.13. The molecular weight excluding hydrogens is 282 g/mol. The fourth-order valence-electron chi connectivity index (χ4n) is 1.45. The summed E-state index contributed by atoms with van der Waals surface area (Å²) < 4.78 is 58.4. The van der Waals surface area contributed by atoms with Crippen molar-refractivity contribution >= 4 is 5.97 Å². The van der Waals surface area contributed by atoms with Crippen LogP contribution in [-0.2, 0) is 4.74 Å². The number of ether oxygens (including phenoxy) is 2. The van der Waals surface area contributed by atoms with E-state index in [0.29, 0.717) is 6.07 Å². The molecule has 1 aromatic carbocycles. The standard InChI is InChI=1S/C12H9F4NO3/c1-2-19-11(18)9-7(5-17)3-6(10(13)14)4-8(9)20-12(15)16/h3-4,10,12H,2H2,1H3. The van der Waals surface area contributed by atoms with E-state index in [4.69, 9.17) is 5.26 Å². The molecule has 0 spiro atoms. The molecule has 0 aliphatic carbocycles. The van der Waals surface area contributed by atoms with Gasteiger partial charge in [0, 0.05) is 5.56 Å². The molecule has 0 radical (unpaired) electrons. The zero-order valence-electron chi connectivity index (χ0n) is 10.2. The summed E-state index contributed by atoms with van der Waals surface area (Å²) in [5.41, 5.74) is -1.82. The molecule has 0 atom stereocenters. The number of carbonyl (C=O) groups is 1. The van der Waals surface area contributed by atoms with Crippen molar-refractivity contribution in [3.8, 4) is 11.8 Å². The maximum Gasteiger partial charge on any atom is 0.387 e. The molecule has 0 fully saturated rings. The molecule has 0 aliphatic heterocycles. The predicted octanol–water partition coefficient (Wildman–Crippen LogP) is 3.27. The van der Waals surface area contributed by atoms with Crippen LogP contribution in [0.5, 0.6) is 5.75 Å². The second-order valence-electron chi connectivity index (χ2n) is 3.45. The van der Waals surface area contributed by atoms with E-state index in [0.717, 1.165) is 6.07 Å². The lowest BCUT2D eigenvalue weighted by molar-refractivity contribution is -0.0506. The number of carbonyl (C=O) groups excluding carboxylic acids is 1. The Kier molecular flexibility index (Phi) is 5.32. The number of halogens is 4. The quantitative estimate of drug-likeness (QED) is 0.617. The Morgan fingerprint density at radius 2 is 2.00 bits per heavy atom. The maximum absolute atomic E-state index is 12.6. The molecule has 0 aromatic heterocycles. The molecule has 0 unspecified atom stereocenters. The van der Waals surface area contributed by atoms with Crippen molar-refractivity contribution in [3.63, 3.8) is 0 Å². The number of hydrogen-bond acceptors (Lipinski definition) is 4. The van der Waals surface area contributed by atoms with Gasteiger partial charge in [-0.25, -0.2) is 13.6 Å². The van der Waals surface area contributed by atoms with Gasteiger partial charge < -0.3 is 9.47 Å². The zero-order valence-corrected chi connectivity index (χ0v) is 10.2. The molecule has 0 bridgehead atoms. The molecule has 4 nitrogen and oxygen atoms in total. The Morgan fingerprint density at radius 1 is 1.35 bits per heavy atom. The molecule has 0 heterocycles. The Labute approximate surface area is 111 Å². The van der Waals surface area contributed by atoms with Gasteiger partial charge in [-0.15, -0.1) is 0 Å². The molecule has 1 aromatic rings. The third-order valence-corrected chi connectivity index (χ3v) is 2.19. The summed E-state index contributed by atoms with van der Waals surface area (Å²) in [5, 5.41) is 8.85. The number of benzene rings is 1. The molecule has 20 heavy (non-hydrogen) atoms. The topological polar surface area (TPSA) is 59.3 Å². The molecule has 0 aliphatic rings. The SMILES string of the molecule is CCOC(=O)c1c(C#N)cc(C(F)F)cc1OC(F)F. The van der Waals surface area contributed by atoms with E-state index >= 15 is 0 Å². The summed E-state index contributed by atoms with van der Waals surface area (Å²) in [5.74, 6) is -1.91. The third-order valence-electron chi connectivity index (χ3n) is 2.19. The summed E-state index contributed by atoms with van der Waals surface area (Å²) in [4.78, 5) is 11.6. The molecule has 0 N–H and O–H groups in total. The largest absolute Gasteiger partial charge is 0.462 e. The van der Waals surface area contributed by atoms with Gasteiger partial charge in [0.05, 0.1) is 12.2 Å². The number of hydrogen-bond donors (Lipinski definition) is 0. The van der Waals surface area contributed by atoms with Gasteiger partial charge in [0.2, 0.25) is 0 Å². The van der Waals surface area contributed by atoms with E-state index in [2.05, 4.69) is 9.47 Å². The van der Waals surface area contributed by atoms with Crippen molar-refractivity contribution in [2.45, 2.75) is 20.0 Å². The second kappa shape index (κ2) is 6.75. The van der Waals surface area contributed by atoms with Crippen LogP contribution in [0.15, 0.2) is 12.1 Å². The summed E-state index contributed by atoms with van der Waals surface area (Å²) in [6, 6.07) is 2.80. The Bertz CT molecular complexity index is 540. The van der Waals surface area contributed by atoms with Crippen molar-refractivity contribution in [2.75, 3.05) is 6.61 Å². The van der Waals surface area contributed by atoms with Gasteiger partial charge >= 0.3 is 12.6 Å². The second-order valence-corrected chi connectivity index (χ2v) is 3.45. The smallest absolute Gasteiger partial charge is 0.387 e. The van der Waals surface area contributed by atoms with E-state index in [1.807, 2.05) is 0 Å². The van der Waals surface area contributed by atoms with Gasteiger partial charge in [-0.1, -0.05) is 0 Å². The molecule has 1 rings (SSSR count). The minimum absolute atomic E-state index is 0.0750. The van der Waals surface area contributed by atoms with Crippen LogP contribution in [0.2, 0.25) is 0 Å². The highest BCUT2D eigenvalue weighted by molar-refractivity contribution is 5.95. The Balaban J connectivity index is 3.44. The first kappa shape index (κ1) is 15.8. The van der Waals surface area contributed by atoms with Gasteiger partial charge in [0.15, 0.2) is 0 Å². The Morgan fingerprint density at radius 3 is 2.45 bits per heavy atom. The molecule has 0 saturated heterocycles. The fourth-order valence-corrected chi connectivity index (χ4v) is 1.45. The van der Waals surface area contributed by atoms with Gasteiger partial charge in [0.25, 0.3) is 6.43 Å². The predicted molar refractivity (Wildman–Crippen MR) is 58.7 cm³/mol. The molecule has 0 saturated carbocycles. The minimum atomic E-state index is -3.33. The monoisotopic (exact) mass is 291 g/mol. The number of alkyl halides is 4. The number of nitriles is 1. The van der Waals surface area contributed by atoms with E-state index in [1.54, 1.807) is 0 Å². The van der Waals surface area contributed by atoms with Gasteiger partial charge in [-0.05, 0) is 19.1 Å². The number of rotatable bonds is 5. The van der Waals surface area contributed by atoms with Crippen molar-refractivity contribution in [3.05, 3.63) is 28.8 Å². The first-order valence-electron chi connectivity index (χ1n) is 5.38. The van der Waals surface area contributed by atoms with Crippen LogP contribution in [0, 0.1) is 11.3 Å². The summed E-state index contributed by atoms with van der Waals surface area (Å²) in [7, 11) is 0. The zero-order chi connectivity index (χ0) is 15.3. The van der Waals surface area contributed by atoms with E-state index < -0.39 is 41.4 Å². The van der Waals surface area contributed by atoms with E-state index in [-0.39, 0.29) is 6.61 Å². The highest BCUT2D eigenvalue weighted by Gasteiger charge is 2.24. The van der Waals surface area contributed by atoms with Gasteiger partial charge in [-0.3, -0.25) is 0 Å². The third kappa shape index (κ3) is 3.60. The first-order valence-corrected chi connectivity index (χ1v) is 5.38. The van der Waals surface area contributed by atoms with Crippen LogP contribution < -0.4 is 4.74 Å². The van der Waals surface area contributed by atoms with Crippen molar-refractivity contribution < 1.29 is 31.8 Å². The van der Waals surface area contributed by atoms with Crippen molar-refractivity contribution in [1.82, 2.24) is 0 Å². The van der Waals surface area contributed by atoms with Crippen molar-refractivity contribution in [1.29, 1.82) is 5.26 Å². The van der Waals surface area contributed by atoms with Gasteiger partial charge in [0.1, 0.15) is 17.4 Å². The maximum atomic E-state index is 12.6. The normalized spacial score (nSPS) is 10.5. The molecule has 0 amide bonds. The Hall–Kier alpha value is -2.30. The lowest BCUT2D eigenvalue weighted by Crippen LogP contribution is -2.13. The number of esters is 1. The summed E-state index contributed by atoms with van der Waals surface area (Å²) in [6.45, 7) is -1.94. The van der Waals surface area contributed by atoms with Crippen LogP contribution in [0.25, 0.3) is 0 Å². The summed E-state index contributed by atoms with van der Waals surface area (Å²) in [6.07, 6.45) is -3.00. The lowest BCUT2D eigenvalue weighted by atomic mass is 10.0. The van der Waals surface area contributed by atoms with Crippen LogP contribution in [0.1, 0.15) is 34.8 Å². The molecular formula is C12H9F4NO3. The van der Waals surface area contributed by atoms with Crippen LogP contribution in [-0.4, -0.2) is 19.2 Å². The number of nitrogens with zero attached hydrogens (tertiary/aromatic N) is 1.